The number of carboxylic acid groups (broad SMARTS) is 1. The number of carbonyl (C=O) groups excluding carboxylic acids is 1. The zero-order chi connectivity index (χ0) is 22.5. The monoisotopic (exact) mass is 445 g/mol. The van der Waals surface area contributed by atoms with Gasteiger partial charge in [-0.25, -0.2) is 4.79 Å². The first-order valence-electron chi connectivity index (χ1n) is 10.3. The molecule has 0 aliphatic rings. The van der Waals surface area contributed by atoms with Crippen LogP contribution < -0.4 is 4.74 Å². The minimum atomic E-state index is -1.11. The maximum absolute atomic E-state index is 12.9. The van der Waals surface area contributed by atoms with E-state index < -0.39 is 5.97 Å². The van der Waals surface area contributed by atoms with E-state index in [2.05, 4.69) is 12.1 Å². The molecule has 3 aromatic carbocycles. The molecule has 5 nitrogen and oxygen atoms in total. The zero-order valence-corrected chi connectivity index (χ0v) is 18.4. The van der Waals surface area contributed by atoms with Gasteiger partial charge in [0.05, 0.1) is 11.1 Å². The van der Waals surface area contributed by atoms with Gasteiger partial charge in [0.1, 0.15) is 11.9 Å². The third kappa shape index (κ3) is 4.65. The molecule has 1 amide bonds. The van der Waals surface area contributed by atoms with Crippen molar-refractivity contribution < 1.29 is 19.4 Å². The number of amides is 1. The molecule has 4 aromatic rings. The van der Waals surface area contributed by atoms with Gasteiger partial charge in [0, 0.05) is 30.3 Å². The molecule has 1 atom stereocenters. The fourth-order valence-electron chi connectivity index (χ4n) is 3.66. The van der Waals surface area contributed by atoms with Crippen LogP contribution >= 0.6 is 11.3 Å². The van der Waals surface area contributed by atoms with E-state index in [-0.39, 0.29) is 23.1 Å². The van der Waals surface area contributed by atoms with E-state index in [1.807, 2.05) is 47.8 Å². The lowest BCUT2D eigenvalue weighted by atomic mass is 10.1. The second-order valence-electron chi connectivity index (χ2n) is 7.47. The van der Waals surface area contributed by atoms with Crippen molar-refractivity contribution in [3.05, 3.63) is 100 Å². The fourth-order valence-corrected chi connectivity index (χ4v) is 4.45. The maximum Gasteiger partial charge on any atom is 0.336 e. The molecule has 0 saturated carbocycles. The lowest BCUT2D eigenvalue weighted by molar-refractivity contribution is 0.0678. The van der Waals surface area contributed by atoms with Crippen molar-refractivity contribution in [1.29, 1.82) is 0 Å². The number of carboxylic acids is 1. The highest BCUT2D eigenvalue weighted by molar-refractivity contribution is 7.10. The smallest absolute Gasteiger partial charge is 0.336 e. The number of rotatable bonds is 8. The van der Waals surface area contributed by atoms with Crippen LogP contribution in [-0.2, 0) is 0 Å². The van der Waals surface area contributed by atoms with Gasteiger partial charge in [-0.1, -0.05) is 54.6 Å². The van der Waals surface area contributed by atoms with Crippen LogP contribution in [0.2, 0.25) is 0 Å². The lowest BCUT2D eigenvalue weighted by Crippen LogP contribution is -2.30. The van der Waals surface area contributed by atoms with Gasteiger partial charge in [-0.05, 0) is 35.0 Å². The molecule has 0 fully saturated rings. The van der Waals surface area contributed by atoms with Gasteiger partial charge in [-0.15, -0.1) is 11.3 Å². The van der Waals surface area contributed by atoms with E-state index in [4.69, 9.17) is 4.74 Å². The van der Waals surface area contributed by atoms with Crippen LogP contribution in [0.25, 0.3) is 10.8 Å². The third-order valence-electron chi connectivity index (χ3n) is 5.34. The summed E-state index contributed by atoms with van der Waals surface area (Å²) in [5.41, 5.74) is 0.191. The number of benzene rings is 3. The van der Waals surface area contributed by atoms with Crippen molar-refractivity contribution >= 4 is 34.0 Å². The quantitative estimate of drug-likeness (QED) is 0.368. The van der Waals surface area contributed by atoms with Crippen LogP contribution in [0.15, 0.2) is 84.2 Å². The molecular formula is C26H23NO4S. The van der Waals surface area contributed by atoms with Crippen molar-refractivity contribution in [3.8, 4) is 5.75 Å². The number of hydrogen-bond donors (Lipinski definition) is 1. The summed E-state index contributed by atoms with van der Waals surface area (Å²) >= 11 is 1.61. The van der Waals surface area contributed by atoms with Crippen molar-refractivity contribution in [1.82, 2.24) is 4.90 Å². The van der Waals surface area contributed by atoms with Crippen LogP contribution in [0, 0.1) is 0 Å². The average molecular weight is 446 g/mol. The summed E-state index contributed by atoms with van der Waals surface area (Å²) in [5, 5.41) is 13.5. The molecule has 1 N–H and O–H groups in total. The first-order chi connectivity index (χ1) is 15.5. The molecule has 6 heteroatoms. The number of ether oxygens (including phenoxy) is 1. The molecule has 0 unspecified atom stereocenters. The first kappa shape index (κ1) is 21.6. The molecule has 1 aromatic heterocycles. The highest BCUT2D eigenvalue weighted by atomic mass is 32.1. The van der Waals surface area contributed by atoms with Gasteiger partial charge < -0.3 is 14.7 Å². The van der Waals surface area contributed by atoms with Crippen LogP contribution in [-0.4, -0.2) is 35.5 Å². The molecule has 162 valence electrons. The standard InChI is InChI=1S/C26H23NO4S/c1-27(25(28)20-11-4-5-12-21(20)26(29)30)16-15-23(24-14-7-17-32-24)31-22-13-6-9-18-8-2-3-10-19(18)22/h2-14,17,23H,15-16H2,1H3,(H,29,30)/t23-/m0/s1. The largest absolute Gasteiger partial charge is 0.484 e. The number of fused-ring (bicyclic) bond motifs is 1. The maximum atomic E-state index is 12.9. The van der Waals surface area contributed by atoms with Crippen molar-refractivity contribution in [2.45, 2.75) is 12.5 Å². The molecule has 1 heterocycles. The second kappa shape index (κ2) is 9.66. The number of aromatic carboxylic acids is 1. The van der Waals surface area contributed by atoms with E-state index in [0.717, 1.165) is 21.4 Å². The summed E-state index contributed by atoms with van der Waals surface area (Å²) in [6.07, 6.45) is 0.340. The molecule has 0 aliphatic carbocycles. The Balaban J connectivity index is 1.53. The molecule has 0 bridgehead atoms. The van der Waals surface area contributed by atoms with E-state index in [9.17, 15) is 14.7 Å². The Hall–Kier alpha value is -3.64. The minimum absolute atomic E-state index is 0.00571. The van der Waals surface area contributed by atoms with Gasteiger partial charge in [0.2, 0.25) is 0 Å². The van der Waals surface area contributed by atoms with E-state index in [1.54, 1.807) is 41.5 Å². The van der Waals surface area contributed by atoms with Gasteiger partial charge in [-0.2, -0.15) is 0 Å². The number of thiophene rings is 1. The minimum Gasteiger partial charge on any atom is -0.484 e. The van der Waals surface area contributed by atoms with Crippen molar-refractivity contribution in [2.24, 2.45) is 0 Å². The molecule has 0 saturated heterocycles. The molecule has 0 spiro atoms. The summed E-state index contributed by atoms with van der Waals surface area (Å²) in [6, 6.07) is 24.4. The van der Waals surface area contributed by atoms with Gasteiger partial charge >= 0.3 is 5.97 Å². The zero-order valence-electron chi connectivity index (χ0n) is 17.6. The summed E-state index contributed by atoms with van der Waals surface area (Å²) in [6.45, 7) is 0.417. The SMILES string of the molecule is CN(CC[C@H](Oc1cccc2ccccc12)c1cccs1)C(=O)c1ccccc1C(=O)O. The Morgan fingerprint density at radius 1 is 0.938 bits per heavy atom. The molecule has 32 heavy (non-hydrogen) atoms. The van der Waals surface area contributed by atoms with E-state index in [1.165, 1.54) is 6.07 Å². The Morgan fingerprint density at radius 2 is 1.66 bits per heavy atom. The molecule has 4 rings (SSSR count). The number of carbonyl (C=O) groups is 2. The Kier molecular flexibility index (Phi) is 6.52. The summed E-state index contributed by atoms with van der Waals surface area (Å²) in [7, 11) is 1.68. The molecule has 0 radical (unpaired) electrons. The Labute approximate surface area is 190 Å². The summed E-state index contributed by atoms with van der Waals surface area (Å²) < 4.78 is 6.45. The fraction of sp³-hybridized carbons (Fsp3) is 0.154. The number of nitrogens with zero attached hydrogens (tertiary/aromatic N) is 1. The van der Waals surface area contributed by atoms with E-state index in [0.29, 0.717) is 13.0 Å². The van der Waals surface area contributed by atoms with Crippen molar-refractivity contribution in [3.63, 3.8) is 0 Å². The van der Waals surface area contributed by atoms with Crippen molar-refractivity contribution in [2.75, 3.05) is 13.6 Å². The summed E-state index contributed by atoms with van der Waals surface area (Å²) in [5.74, 6) is -0.636. The predicted octanol–water partition coefficient (Wildman–Crippen LogP) is 5.88. The molecule has 0 aliphatic heterocycles. The normalized spacial score (nSPS) is 11.8. The van der Waals surface area contributed by atoms with Gasteiger partial charge in [0.15, 0.2) is 0 Å². The van der Waals surface area contributed by atoms with Crippen LogP contribution in [0.3, 0.4) is 0 Å². The predicted molar refractivity (Wildman–Crippen MR) is 127 cm³/mol. The highest BCUT2D eigenvalue weighted by Gasteiger charge is 2.22. The van der Waals surface area contributed by atoms with Gasteiger partial charge in [-0.3, -0.25) is 4.79 Å². The van der Waals surface area contributed by atoms with E-state index >= 15 is 0 Å². The third-order valence-corrected chi connectivity index (χ3v) is 6.31. The Morgan fingerprint density at radius 3 is 2.41 bits per heavy atom. The Bertz CT molecular complexity index is 1230. The molecular weight excluding hydrogens is 422 g/mol. The lowest BCUT2D eigenvalue weighted by Gasteiger charge is -2.23. The van der Waals surface area contributed by atoms with Crippen LogP contribution in [0.4, 0.5) is 0 Å². The highest BCUT2D eigenvalue weighted by Crippen LogP contribution is 2.33. The van der Waals surface area contributed by atoms with Gasteiger partial charge in [0.25, 0.3) is 5.91 Å². The van der Waals surface area contributed by atoms with Crippen LogP contribution in [0.1, 0.15) is 38.1 Å². The second-order valence-corrected chi connectivity index (χ2v) is 8.44. The average Bonchev–Trinajstić information content (AvgIpc) is 3.36. The first-order valence-corrected chi connectivity index (χ1v) is 11.2. The topological polar surface area (TPSA) is 66.8 Å². The summed E-state index contributed by atoms with van der Waals surface area (Å²) in [4.78, 5) is 27.0. The van der Waals surface area contributed by atoms with Crippen LogP contribution in [0.5, 0.6) is 5.75 Å². The number of hydrogen-bond acceptors (Lipinski definition) is 4.